The first-order valence-corrected chi connectivity index (χ1v) is 10.4. The molecular weight excluding hydrogens is 418 g/mol. The number of nitrogens with zero attached hydrogens (tertiary/aromatic N) is 2. The first-order valence-electron chi connectivity index (χ1n) is 10.4. The number of nitrogens with two attached hydrogens (primary N) is 1. The fraction of sp³-hybridized carbons (Fsp3) is 0.318. The SMILES string of the molecule is Cc1c(-c2cc3cc(NC(=O)N[C@H]4C[C@H](F)C4)ncc3c(N)c2F)cnc2c1NCCO2. The fourth-order valence-corrected chi connectivity index (χ4v) is 4.06. The van der Waals surface area contributed by atoms with Crippen LogP contribution in [0.25, 0.3) is 21.9 Å². The Morgan fingerprint density at radius 1 is 1.25 bits per heavy atom. The number of benzene rings is 1. The van der Waals surface area contributed by atoms with Gasteiger partial charge < -0.3 is 21.1 Å². The van der Waals surface area contributed by atoms with E-state index < -0.39 is 18.0 Å². The highest BCUT2D eigenvalue weighted by atomic mass is 19.1. The summed E-state index contributed by atoms with van der Waals surface area (Å²) in [6.45, 7) is 3.02. The van der Waals surface area contributed by atoms with Gasteiger partial charge in [0.25, 0.3) is 0 Å². The third-order valence-corrected chi connectivity index (χ3v) is 5.89. The zero-order chi connectivity index (χ0) is 22.4. The van der Waals surface area contributed by atoms with E-state index in [0.29, 0.717) is 53.8 Å². The molecule has 32 heavy (non-hydrogen) atoms. The lowest BCUT2D eigenvalue weighted by Gasteiger charge is -2.30. The van der Waals surface area contributed by atoms with Crippen LogP contribution in [0.4, 0.5) is 30.8 Å². The number of fused-ring (bicyclic) bond motifs is 2. The number of pyridine rings is 2. The highest BCUT2D eigenvalue weighted by Gasteiger charge is 2.30. The van der Waals surface area contributed by atoms with Gasteiger partial charge in [-0.1, -0.05) is 0 Å². The summed E-state index contributed by atoms with van der Waals surface area (Å²) >= 11 is 0. The number of halogens is 2. The number of alkyl halides is 1. The number of anilines is 3. The van der Waals surface area contributed by atoms with Crippen molar-refractivity contribution in [3.63, 3.8) is 0 Å². The summed E-state index contributed by atoms with van der Waals surface area (Å²) in [5, 5.41) is 9.62. The number of amides is 2. The molecule has 1 fully saturated rings. The average molecular weight is 440 g/mol. The van der Waals surface area contributed by atoms with Gasteiger partial charge in [0, 0.05) is 41.5 Å². The molecular formula is C22H22F2N6O2. The van der Waals surface area contributed by atoms with Crippen LogP contribution in [0.5, 0.6) is 5.88 Å². The minimum Gasteiger partial charge on any atom is -0.474 e. The van der Waals surface area contributed by atoms with Crippen molar-refractivity contribution >= 4 is 34.0 Å². The second kappa shape index (κ2) is 7.77. The number of carbonyl (C=O) groups is 1. The van der Waals surface area contributed by atoms with E-state index in [2.05, 4.69) is 25.9 Å². The van der Waals surface area contributed by atoms with Crippen molar-refractivity contribution in [1.29, 1.82) is 0 Å². The van der Waals surface area contributed by atoms with Gasteiger partial charge in [-0.15, -0.1) is 0 Å². The molecule has 1 saturated carbocycles. The minimum absolute atomic E-state index is 0.0363. The number of aromatic nitrogens is 2. The monoisotopic (exact) mass is 440 g/mol. The minimum atomic E-state index is -0.862. The molecule has 10 heteroatoms. The van der Waals surface area contributed by atoms with Crippen molar-refractivity contribution < 1.29 is 18.3 Å². The van der Waals surface area contributed by atoms with Crippen LogP contribution in [0, 0.1) is 12.7 Å². The summed E-state index contributed by atoms with van der Waals surface area (Å²) in [4.78, 5) is 20.6. The molecule has 0 radical (unpaired) electrons. The van der Waals surface area contributed by atoms with Crippen molar-refractivity contribution in [3.05, 3.63) is 35.9 Å². The van der Waals surface area contributed by atoms with E-state index in [1.807, 2.05) is 6.92 Å². The van der Waals surface area contributed by atoms with E-state index >= 15 is 4.39 Å². The van der Waals surface area contributed by atoms with Gasteiger partial charge in [0.1, 0.15) is 24.3 Å². The summed E-state index contributed by atoms with van der Waals surface area (Å²) < 4.78 is 33.7. The molecule has 0 saturated heterocycles. The highest BCUT2D eigenvalue weighted by Crippen LogP contribution is 2.39. The van der Waals surface area contributed by atoms with Gasteiger partial charge in [0.15, 0.2) is 5.82 Å². The molecule has 1 aliphatic carbocycles. The molecule has 5 N–H and O–H groups in total. The maximum atomic E-state index is 15.2. The Balaban J connectivity index is 1.49. The number of hydrogen-bond donors (Lipinski definition) is 4. The van der Waals surface area contributed by atoms with Gasteiger partial charge in [0.2, 0.25) is 5.88 Å². The van der Waals surface area contributed by atoms with Gasteiger partial charge in [-0.3, -0.25) is 5.32 Å². The van der Waals surface area contributed by atoms with Crippen molar-refractivity contribution in [2.24, 2.45) is 0 Å². The van der Waals surface area contributed by atoms with Gasteiger partial charge in [-0.25, -0.2) is 23.5 Å². The molecule has 3 heterocycles. The quantitative estimate of drug-likeness (QED) is 0.461. The molecule has 166 valence electrons. The van der Waals surface area contributed by atoms with Crippen molar-refractivity contribution in [2.45, 2.75) is 32.0 Å². The lowest BCUT2D eigenvalue weighted by molar-refractivity contribution is 0.159. The first-order chi connectivity index (χ1) is 15.4. The van der Waals surface area contributed by atoms with Crippen molar-refractivity contribution in [2.75, 3.05) is 29.5 Å². The average Bonchev–Trinajstić information content (AvgIpc) is 2.76. The van der Waals surface area contributed by atoms with Crippen molar-refractivity contribution in [3.8, 4) is 17.0 Å². The zero-order valence-corrected chi connectivity index (χ0v) is 17.3. The first kappa shape index (κ1) is 20.2. The molecule has 8 nitrogen and oxygen atoms in total. The summed E-state index contributed by atoms with van der Waals surface area (Å²) in [5.41, 5.74) is 8.46. The van der Waals surface area contributed by atoms with E-state index in [1.54, 1.807) is 18.3 Å². The lowest BCUT2D eigenvalue weighted by atomic mass is 9.91. The normalized spacial score (nSPS) is 19.3. The summed E-state index contributed by atoms with van der Waals surface area (Å²) in [6, 6.07) is 2.63. The Bertz CT molecular complexity index is 1230. The number of nitrogens with one attached hydrogen (secondary N) is 3. The topological polar surface area (TPSA) is 114 Å². The third kappa shape index (κ3) is 3.51. The van der Waals surface area contributed by atoms with Gasteiger partial charge in [-0.2, -0.15) is 0 Å². The van der Waals surface area contributed by atoms with Crippen LogP contribution in [0.3, 0.4) is 0 Å². The van der Waals surface area contributed by atoms with E-state index in [4.69, 9.17) is 10.5 Å². The molecule has 2 aliphatic rings. The Morgan fingerprint density at radius 3 is 2.84 bits per heavy atom. The van der Waals surface area contributed by atoms with Crippen LogP contribution >= 0.6 is 0 Å². The van der Waals surface area contributed by atoms with Gasteiger partial charge in [0.05, 0.1) is 5.69 Å². The molecule has 2 aromatic heterocycles. The van der Waals surface area contributed by atoms with Crippen LogP contribution in [0.15, 0.2) is 24.5 Å². The summed E-state index contributed by atoms with van der Waals surface area (Å²) in [6.07, 6.45) is 2.74. The third-order valence-electron chi connectivity index (χ3n) is 5.89. The van der Waals surface area contributed by atoms with E-state index in [-0.39, 0.29) is 17.5 Å². The second-order valence-electron chi connectivity index (χ2n) is 8.06. The lowest BCUT2D eigenvalue weighted by Crippen LogP contribution is -2.46. The maximum absolute atomic E-state index is 15.2. The van der Waals surface area contributed by atoms with E-state index in [1.165, 1.54) is 6.20 Å². The maximum Gasteiger partial charge on any atom is 0.320 e. The van der Waals surface area contributed by atoms with E-state index in [9.17, 15) is 9.18 Å². The van der Waals surface area contributed by atoms with Crippen LogP contribution in [-0.2, 0) is 0 Å². The second-order valence-corrected chi connectivity index (χ2v) is 8.06. The van der Waals surface area contributed by atoms with Crippen LogP contribution < -0.4 is 26.4 Å². The van der Waals surface area contributed by atoms with Crippen molar-refractivity contribution in [1.82, 2.24) is 15.3 Å². The Kier molecular flexibility index (Phi) is 4.91. The highest BCUT2D eigenvalue weighted by molar-refractivity contribution is 6.00. The molecule has 1 aromatic carbocycles. The Labute approximate surface area is 182 Å². The smallest absolute Gasteiger partial charge is 0.320 e. The number of nitrogen functional groups attached to an aromatic ring is 1. The summed E-state index contributed by atoms with van der Waals surface area (Å²) in [7, 11) is 0. The van der Waals surface area contributed by atoms with Gasteiger partial charge in [-0.05, 0) is 42.8 Å². The standard InChI is InChI=1S/C22H22F2N6O2/c1-10-15(8-28-21-20(10)26-2-3-32-21)14-4-11-5-17(27-9-16(11)19(25)18(14)24)30-22(31)29-13-6-12(23)7-13/h4-5,8-9,12-13,26H,2-3,6-7,25H2,1H3,(H2,27,29,30,31)/t12-,13-. The summed E-state index contributed by atoms with van der Waals surface area (Å²) in [5.74, 6) is 0.197. The van der Waals surface area contributed by atoms with E-state index in [0.717, 1.165) is 11.3 Å². The molecule has 5 rings (SSSR count). The number of carbonyl (C=O) groups excluding carboxylic acids is 1. The molecule has 0 bridgehead atoms. The number of urea groups is 1. The molecule has 3 aromatic rings. The van der Waals surface area contributed by atoms with Crippen LogP contribution in [-0.4, -0.2) is 41.4 Å². The Morgan fingerprint density at radius 2 is 2.06 bits per heavy atom. The van der Waals surface area contributed by atoms with Crippen LogP contribution in [0.1, 0.15) is 18.4 Å². The molecule has 1 aliphatic heterocycles. The molecule has 0 spiro atoms. The molecule has 2 amide bonds. The predicted octanol–water partition coefficient (Wildman–Crippen LogP) is 3.75. The number of ether oxygens (including phenoxy) is 1. The largest absolute Gasteiger partial charge is 0.474 e. The zero-order valence-electron chi connectivity index (χ0n) is 17.3. The number of rotatable bonds is 3. The number of hydrogen-bond acceptors (Lipinski definition) is 6. The van der Waals surface area contributed by atoms with Gasteiger partial charge >= 0.3 is 6.03 Å². The molecule has 0 atom stereocenters. The molecule has 0 unspecified atom stereocenters. The fourth-order valence-electron chi connectivity index (χ4n) is 4.06. The Hall–Kier alpha value is -3.69. The van der Waals surface area contributed by atoms with Crippen LogP contribution in [0.2, 0.25) is 0 Å². The predicted molar refractivity (Wildman–Crippen MR) is 118 cm³/mol.